The predicted molar refractivity (Wildman–Crippen MR) is 68.4 cm³/mol. The zero-order valence-corrected chi connectivity index (χ0v) is 10.8. The molecule has 0 aromatic rings. The molecule has 0 aliphatic rings. The van der Waals surface area contributed by atoms with E-state index in [1.807, 2.05) is 11.8 Å². The molecule has 90 valence electrons. The standard InChI is InChI=1S/C11H24N2OS/c1-3-7-12-10-11(14)13-8-5-4-6-9-15-2/h12H,3-10H2,1-2H3,(H,13,14). The Balaban J connectivity index is 3.10. The maximum atomic E-state index is 11.2. The predicted octanol–water partition coefficient (Wildman–Crippen LogP) is 1.64. The minimum absolute atomic E-state index is 0.119. The van der Waals surface area contributed by atoms with Gasteiger partial charge >= 0.3 is 0 Å². The maximum absolute atomic E-state index is 11.2. The Labute approximate surface area is 97.8 Å². The molecular weight excluding hydrogens is 208 g/mol. The van der Waals surface area contributed by atoms with Crippen molar-refractivity contribution in [2.45, 2.75) is 32.6 Å². The van der Waals surface area contributed by atoms with Crippen molar-refractivity contribution in [3.63, 3.8) is 0 Å². The van der Waals surface area contributed by atoms with Crippen LogP contribution >= 0.6 is 11.8 Å². The first-order valence-corrected chi connectivity index (χ1v) is 7.17. The second kappa shape index (κ2) is 11.9. The Morgan fingerprint density at radius 3 is 2.67 bits per heavy atom. The van der Waals surface area contributed by atoms with Crippen LogP contribution < -0.4 is 10.6 Å². The lowest BCUT2D eigenvalue weighted by Crippen LogP contribution is -2.34. The second-order valence-corrected chi connectivity index (χ2v) is 4.57. The van der Waals surface area contributed by atoms with Crippen LogP contribution in [0.15, 0.2) is 0 Å². The van der Waals surface area contributed by atoms with E-state index in [2.05, 4.69) is 23.8 Å². The fourth-order valence-corrected chi connectivity index (χ4v) is 1.71. The van der Waals surface area contributed by atoms with Gasteiger partial charge in [0.05, 0.1) is 6.54 Å². The Bertz CT molecular complexity index is 154. The maximum Gasteiger partial charge on any atom is 0.233 e. The fourth-order valence-electron chi connectivity index (χ4n) is 1.22. The Morgan fingerprint density at radius 1 is 1.20 bits per heavy atom. The minimum atomic E-state index is 0.119. The van der Waals surface area contributed by atoms with Gasteiger partial charge in [-0.05, 0) is 37.8 Å². The molecule has 2 N–H and O–H groups in total. The van der Waals surface area contributed by atoms with Crippen LogP contribution in [0.2, 0.25) is 0 Å². The average molecular weight is 232 g/mol. The van der Waals surface area contributed by atoms with Crippen molar-refractivity contribution >= 4 is 17.7 Å². The Kier molecular flexibility index (Phi) is 11.7. The molecular formula is C11H24N2OS. The van der Waals surface area contributed by atoms with Crippen molar-refractivity contribution in [2.75, 3.05) is 31.6 Å². The lowest BCUT2D eigenvalue weighted by atomic mass is 10.2. The Morgan fingerprint density at radius 2 is 2.00 bits per heavy atom. The summed E-state index contributed by atoms with van der Waals surface area (Å²) in [4.78, 5) is 11.2. The largest absolute Gasteiger partial charge is 0.355 e. The van der Waals surface area contributed by atoms with E-state index in [0.29, 0.717) is 6.54 Å². The molecule has 0 aromatic heterocycles. The smallest absolute Gasteiger partial charge is 0.233 e. The summed E-state index contributed by atoms with van der Waals surface area (Å²) in [5, 5.41) is 5.99. The summed E-state index contributed by atoms with van der Waals surface area (Å²) in [6, 6.07) is 0. The second-order valence-electron chi connectivity index (χ2n) is 3.58. The van der Waals surface area contributed by atoms with Crippen molar-refractivity contribution in [1.82, 2.24) is 10.6 Å². The molecule has 0 bridgehead atoms. The number of hydrogen-bond acceptors (Lipinski definition) is 3. The highest BCUT2D eigenvalue weighted by molar-refractivity contribution is 7.98. The summed E-state index contributed by atoms with van der Waals surface area (Å²) >= 11 is 1.88. The van der Waals surface area contributed by atoms with Gasteiger partial charge in [0.1, 0.15) is 0 Å². The van der Waals surface area contributed by atoms with E-state index in [4.69, 9.17) is 0 Å². The number of unbranched alkanes of at least 4 members (excludes halogenated alkanes) is 2. The highest BCUT2D eigenvalue weighted by atomic mass is 32.2. The van der Waals surface area contributed by atoms with Crippen LogP contribution in [0.1, 0.15) is 32.6 Å². The van der Waals surface area contributed by atoms with E-state index in [0.717, 1.165) is 25.9 Å². The molecule has 0 spiro atoms. The number of thioether (sulfide) groups is 1. The first-order chi connectivity index (χ1) is 7.31. The van der Waals surface area contributed by atoms with Gasteiger partial charge in [-0.15, -0.1) is 0 Å². The molecule has 0 aliphatic heterocycles. The number of hydrogen-bond donors (Lipinski definition) is 2. The van der Waals surface area contributed by atoms with Crippen molar-refractivity contribution in [1.29, 1.82) is 0 Å². The first kappa shape index (κ1) is 14.8. The molecule has 0 aromatic carbocycles. The van der Waals surface area contributed by atoms with Gasteiger partial charge in [-0.25, -0.2) is 0 Å². The van der Waals surface area contributed by atoms with Crippen LogP contribution in [0.3, 0.4) is 0 Å². The van der Waals surface area contributed by atoms with E-state index >= 15 is 0 Å². The van der Waals surface area contributed by atoms with Gasteiger partial charge in [-0.1, -0.05) is 13.3 Å². The minimum Gasteiger partial charge on any atom is -0.355 e. The normalized spacial score (nSPS) is 10.3. The monoisotopic (exact) mass is 232 g/mol. The number of carbonyl (C=O) groups is 1. The van der Waals surface area contributed by atoms with Gasteiger partial charge in [0.2, 0.25) is 5.91 Å². The number of rotatable bonds is 10. The van der Waals surface area contributed by atoms with Crippen LogP contribution in [-0.4, -0.2) is 37.6 Å². The number of amides is 1. The zero-order chi connectivity index (χ0) is 11.4. The van der Waals surface area contributed by atoms with Gasteiger partial charge in [0.15, 0.2) is 0 Å². The van der Waals surface area contributed by atoms with Gasteiger partial charge in [0, 0.05) is 6.54 Å². The number of nitrogens with one attached hydrogen (secondary N) is 2. The summed E-state index contributed by atoms with van der Waals surface area (Å²) in [5.41, 5.74) is 0. The molecule has 15 heavy (non-hydrogen) atoms. The third kappa shape index (κ3) is 11.7. The average Bonchev–Trinajstić information content (AvgIpc) is 2.23. The molecule has 4 heteroatoms. The van der Waals surface area contributed by atoms with E-state index in [9.17, 15) is 4.79 Å². The molecule has 0 heterocycles. The molecule has 0 aliphatic carbocycles. The highest BCUT2D eigenvalue weighted by Gasteiger charge is 1.98. The zero-order valence-electron chi connectivity index (χ0n) is 9.97. The summed E-state index contributed by atoms with van der Waals surface area (Å²) in [6.07, 6.45) is 6.76. The molecule has 3 nitrogen and oxygen atoms in total. The Hall–Kier alpha value is -0.220. The van der Waals surface area contributed by atoms with Crippen LogP contribution in [0, 0.1) is 0 Å². The fraction of sp³-hybridized carbons (Fsp3) is 0.909. The van der Waals surface area contributed by atoms with Gasteiger partial charge in [-0.3, -0.25) is 4.79 Å². The van der Waals surface area contributed by atoms with E-state index in [1.165, 1.54) is 18.6 Å². The molecule has 0 rings (SSSR count). The SMILES string of the molecule is CCCNCC(=O)NCCCCCSC. The summed E-state index contributed by atoms with van der Waals surface area (Å²) < 4.78 is 0. The van der Waals surface area contributed by atoms with Gasteiger partial charge in [0.25, 0.3) is 0 Å². The topological polar surface area (TPSA) is 41.1 Å². The van der Waals surface area contributed by atoms with E-state index < -0.39 is 0 Å². The van der Waals surface area contributed by atoms with Crippen molar-refractivity contribution in [3.8, 4) is 0 Å². The van der Waals surface area contributed by atoms with Crippen molar-refractivity contribution in [3.05, 3.63) is 0 Å². The molecule has 0 saturated carbocycles. The summed E-state index contributed by atoms with van der Waals surface area (Å²) in [6.45, 7) is 4.29. The first-order valence-electron chi connectivity index (χ1n) is 5.77. The molecule has 0 unspecified atom stereocenters. The third-order valence-electron chi connectivity index (χ3n) is 2.06. The lowest BCUT2D eigenvalue weighted by Gasteiger charge is -2.05. The van der Waals surface area contributed by atoms with Gasteiger partial charge < -0.3 is 10.6 Å². The van der Waals surface area contributed by atoms with E-state index in [-0.39, 0.29) is 5.91 Å². The molecule has 0 fully saturated rings. The van der Waals surface area contributed by atoms with Crippen LogP contribution in [0.5, 0.6) is 0 Å². The molecule has 0 radical (unpaired) electrons. The van der Waals surface area contributed by atoms with Crippen LogP contribution in [0.25, 0.3) is 0 Å². The summed E-state index contributed by atoms with van der Waals surface area (Å²) in [5.74, 6) is 1.35. The summed E-state index contributed by atoms with van der Waals surface area (Å²) in [7, 11) is 0. The number of carbonyl (C=O) groups excluding carboxylic acids is 1. The third-order valence-corrected chi connectivity index (χ3v) is 2.76. The van der Waals surface area contributed by atoms with Crippen molar-refractivity contribution < 1.29 is 4.79 Å². The van der Waals surface area contributed by atoms with Gasteiger partial charge in [-0.2, -0.15) is 11.8 Å². The molecule has 0 atom stereocenters. The quantitative estimate of drug-likeness (QED) is 0.563. The molecule has 1 amide bonds. The van der Waals surface area contributed by atoms with Crippen LogP contribution in [0.4, 0.5) is 0 Å². The molecule has 0 saturated heterocycles. The highest BCUT2D eigenvalue weighted by Crippen LogP contribution is 2.00. The van der Waals surface area contributed by atoms with Crippen molar-refractivity contribution in [2.24, 2.45) is 0 Å². The van der Waals surface area contributed by atoms with Crippen LogP contribution in [-0.2, 0) is 4.79 Å². The van der Waals surface area contributed by atoms with E-state index in [1.54, 1.807) is 0 Å². The lowest BCUT2D eigenvalue weighted by molar-refractivity contribution is -0.120.